The highest BCUT2D eigenvalue weighted by Gasteiger charge is 2.33. The van der Waals surface area contributed by atoms with Crippen LogP contribution in [-0.4, -0.2) is 21.7 Å². The van der Waals surface area contributed by atoms with Gasteiger partial charge < -0.3 is 9.42 Å². The molecule has 3 heterocycles. The fraction of sp³-hybridized carbons (Fsp3) is 0.222. The molecule has 0 amide bonds. The number of halogens is 2. The Labute approximate surface area is 163 Å². The topological polar surface area (TPSA) is 78.8 Å². The maximum atomic E-state index is 8.98. The zero-order chi connectivity index (χ0) is 18.1. The standard InChI is InChI=1S/C18H13BrClN5O/c19-13-5-2-1-4-12(13)16-23-18(26-24-16)15-6-3-7-25(15)17-14(20)8-11(9-21)10-22-17/h1-2,4-5,8,10,15H,3,6-7H2. The first kappa shape index (κ1) is 17.0. The van der Waals surface area contributed by atoms with Gasteiger partial charge in [0.05, 0.1) is 10.6 Å². The number of nitrogens with zero attached hydrogens (tertiary/aromatic N) is 5. The Kier molecular flexibility index (Phi) is 4.62. The van der Waals surface area contributed by atoms with E-state index in [0.717, 1.165) is 29.4 Å². The van der Waals surface area contributed by atoms with Crippen molar-refractivity contribution in [3.63, 3.8) is 0 Å². The Morgan fingerprint density at radius 2 is 2.19 bits per heavy atom. The van der Waals surface area contributed by atoms with Gasteiger partial charge in [0.25, 0.3) is 0 Å². The van der Waals surface area contributed by atoms with E-state index in [1.807, 2.05) is 30.3 Å². The summed E-state index contributed by atoms with van der Waals surface area (Å²) in [6.45, 7) is 0.788. The van der Waals surface area contributed by atoms with Crippen molar-refractivity contribution in [3.8, 4) is 17.5 Å². The third kappa shape index (κ3) is 3.06. The Morgan fingerprint density at radius 1 is 1.35 bits per heavy atom. The summed E-state index contributed by atoms with van der Waals surface area (Å²) >= 11 is 9.85. The van der Waals surface area contributed by atoms with Crippen molar-refractivity contribution < 1.29 is 4.52 Å². The highest BCUT2D eigenvalue weighted by Crippen LogP contribution is 2.38. The minimum absolute atomic E-state index is 0.0864. The van der Waals surface area contributed by atoms with E-state index >= 15 is 0 Å². The Morgan fingerprint density at radius 3 is 2.96 bits per heavy atom. The predicted molar refractivity (Wildman–Crippen MR) is 101 cm³/mol. The van der Waals surface area contributed by atoms with E-state index in [4.69, 9.17) is 21.4 Å². The van der Waals surface area contributed by atoms with E-state index in [9.17, 15) is 0 Å². The summed E-state index contributed by atoms with van der Waals surface area (Å²) in [4.78, 5) is 11.0. The monoisotopic (exact) mass is 429 g/mol. The third-order valence-corrected chi connectivity index (χ3v) is 5.29. The number of pyridine rings is 1. The molecule has 6 nitrogen and oxygen atoms in total. The molecule has 1 aliphatic heterocycles. The largest absolute Gasteiger partial charge is 0.343 e. The zero-order valence-corrected chi connectivity index (χ0v) is 15.9. The Balaban J connectivity index is 1.66. The lowest BCUT2D eigenvalue weighted by Gasteiger charge is -2.23. The molecule has 1 atom stereocenters. The molecule has 1 saturated heterocycles. The maximum Gasteiger partial charge on any atom is 0.249 e. The van der Waals surface area contributed by atoms with E-state index in [1.54, 1.807) is 6.07 Å². The lowest BCUT2D eigenvalue weighted by molar-refractivity contribution is 0.355. The quantitative estimate of drug-likeness (QED) is 0.596. The van der Waals surface area contributed by atoms with Crippen LogP contribution in [0.1, 0.15) is 30.3 Å². The van der Waals surface area contributed by atoms with Crippen LogP contribution in [0.25, 0.3) is 11.4 Å². The van der Waals surface area contributed by atoms with Gasteiger partial charge in [0.15, 0.2) is 0 Å². The van der Waals surface area contributed by atoms with Gasteiger partial charge in [0.1, 0.15) is 17.9 Å². The van der Waals surface area contributed by atoms with Crippen LogP contribution in [0.4, 0.5) is 5.82 Å². The van der Waals surface area contributed by atoms with Gasteiger partial charge >= 0.3 is 0 Å². The number of aromatic nitrogens is 3. The number of nitriles is 1. The van der Waals surface area contributed by atoms with Crippen LogP contribution in [-0.2, 0) is 0 Å². The van der Waals surface area contributed by atoms with Crippen LogP contribution in [0.5, 0.6) is 0 Å². The molecular formula is C18H13BrClN5O. The molecule has 0 bridgehead atoms. The van der Waals surface area contributed by atoms with Gasteiger partial charge in [-0.25, -0.2) is 4.98 Å². The second-order valence-electron chi connectivity index (χ2n) is 5.93. The first-order valence-electron chi connectivity index (χ1n) is 8.08. The molecule has 0 radical (unpaired) electrons. The Hall–Kier alpha value is -2.43. The molecule has 2 aromatic heterocycles. The third-order valence-electron chi connectivity index (χ3n) is 4.32. The van der Waals surface area contributed by atoms with Gasteiger partial charge in [-0.1, -0.05) is 44.8 Å². The molecule has 3 aromatic rings. The van der Waals surface area contributed by atoms with E-state index in [1.165, 1.54) is 6.20 Å². The summed E-state index contributed by atoms with van der Waals surface area (Å²) in [5.74, 6) is 1.71. The molecule has 0 saturated carbocycles. The van der Waals surface area contributed by atoms with E-state index < -0.39 is 0 Å². The minimum atomic E-state index is -0.0864. The summed E-state index contributed by atoms with van der Waals surface area (Å²) in [5, 5.41) is 13.6. The van der Waals surface area contributed by atoms with E-state index in [0.29, 0.717) is 28.1 Å². The van der Waals surface area contributed by atoms with Crippen LogP contribution in [0.3, 0.4) is 0 Å². The summed E-state index contributed by atoms with van der Waals surface area (Å²) in [5.41, 5.74) is 1.31. The van der Waals surface area contributed by atoms with Gasteiger partial charge in [-0.3, -0.25) is 0 Å². The van der Waals surface area contributed by atoms with Crippen molar-refractivity contribution in [1.29, 1.82) is 5.26 Å². The molecule has 1 aromatic carbocycles. The summed E-state index contributed by atoms with van der Waals surface area (Å²) in [6, 6.07) is 11.3. The number of rotatable bonds is 3. The molecule has 1 aliphatic rings. The van der Waals surface area contributed by atoms with Gasteiger partial charge in [0.2, 0.25) is 11.7 Å². The average molecular weight is 431 g/mol. The molecule has 26 heavy (non-hydrogen) atoms. The van der Waals surface area contributed by atoms with Crippen LogP contribution in [0.2, 0.25) is 5.02 Å². The highest BCUT2D eigenvalue weighted by molar-refractivity contribution is 9.10. The number of anilines is 1. The number of hydrogen-bond acceptors (Lipinski definition) is 6. The molecular weight excluding hydrogens is 418 g/mol. The van der Waals surface area contributed by atoms with Crippen molar-refractivity contribution in [3.05, 3.63) is 57.5 Å². The molecule has 1 fully saturated rings. The van der Waals surface area contributed by atoms with Gasteiger partial charge in [-0.05, 0) is 31.0 Å². The fourth-order valence-electron chi connectivity index (χ4n) is 3.10. The summed E-state index contributed by atoms with van der Waals surface area (Å²) in [7, 11) is 0. The fourth-order valence-corrected chi connectivity index (χ4v) is 3.84. The predicted octanol–water partition coefficient (Wildman–Crippen LogP) is 4.76. The van der Waals surface area contributed by atoms with Crippen LogP contribution in [0.15, 0.2) is 45.5 Å². The lowest BCUT2D eigenvalue weighted by atomic mass is 10.2. The smallest absolute Gasteiger partial charge is 0.249 e. The van der Waals surface area contributed by atoms with E-state index in [-0.39, 0.29) is 6.04 Å². The average Bonchev–Trinajstić information content (AvgIpc) is 3.31. The summed E-state index contributed by atoms with van der Waals surface area (Å²) < 4.78 is 6.46. The molecule has 0 N–H and O–H groups in total. The highest BCUT2D eigenvalue weighted by atomic mass is 79.9. The van der Waals surface area contributed by atoms with Crippen molar-refractivity contribution in [2.24, 2.45) is 0 Å². The second-order valence-corrected chi connectivity index (χ2v) is 7.19. The lowest BCUT2D eigenvalue weighted by Crippen LogP contribution is -2.24. The van der Waals surface area contributed by atoms with E-state index in [2.05, 4.69) is 36.0 Å². The SMILES string of the molecule is N#Cc1cnc(N2CCCC2c2nc(-c3ccccc3Br)no2)c(Cl)c1. The normalized spacial score (nSPS) is 16.7. The van der Waals surface area contributed by atoms with Crippen LogP contribution < -0.4 is 4.90 Å². The van der Waals surface area contributed by atoms with Crippen molar-refractivity contribution in [2.75, 3.05) is 11.4 Å². The molecule has 4 rings (SSSR count). The molecule has 0 spiro atoms. The van der Waals surface area contributed by atoms with Crippen molar-refractivity contribution >= 4 is 33.3 Å². The van der Waals surface area contributed by atoms with Gasteiger partial charge in [-0.15, -0.1) is 0 Å². The van der Waals surface area contributed by atoms with Gasteiger partial charge in [0, 0.05) is 22.8 Å². The van der Waals surface area contributed by atoms with Crippen LogP contribution in [0, 0.1) is 11.3 Å². The van der Waals surface area contributed by atoms with Crippen molar-refractivity contribution in [1.82, 2.24) is 15.1 Å². The molecule has 8 heteroatoms. The minimum Gasteiger partial charge on any atom is -0.343 e. The zero-order valence-electron chi connectivity index (χ0n) is 13.6. The maximum absolute atomic E-state index is 8.98. The van der Waals surface area contributed by atoms with Crippen molar-refractivity contribution in [2.45, 2.75) is 18.9 Å². The first-order chi connectivity index (χ1) is 12.7. The number of benzene rings is 1. The molecule has 1 unspecified atom stereocenters. The molecule has 0 aliphatic carbocycles. The van der Waals surface area contributed by atoms with Gasteiger partial charge in [-0.2, -0.15) is 10.2 Å². The number of hydrogen-bond donors (Lipinski definition) is 0. The summed E-state index contributed by atoms with van der Waals surface area (Å²) in [6.07, 6.45) is 3.36. The molecule has 130 valence electrons. The first-order valence-corrected chi connectivity index (χ1v) is 9.25. The second kappa shape index (κ2) is 7.06. The van der Waals surface area contributed by atoms with Crippen LogP contribution >= 0.6 is 27.5 Å². The Bertz CT molecular complexity index is 999.